The largest absolute Gasteiger partial charge is 0.465 e. The number of carbonyl (C=O) groups excluding carboxylic acids is 2. The number of hydrogen-bond donors (Lipinski definition) is 1. The molecule has 22 heavy (non-hydrogen) atoms. The summed E-state index contributed by atoms with van der Waals surface area (Å²) in [5.74, 6) is -0.450. The maximum atomic E-state index is 12.7. The van der Waals surface area contributed by atoms with Crippen LogP contribution in [0.15, 0.2) is 0 Å². The van der Waals surface area contributed by atoms with E-state index in [0.29, 0.717) is 41.6 Å². The van der Waals surface area contributed by atoms with Crippen LogP contribution in [-0.2, 0) is 4.74 Å². The monoisotopic (exact) mass is 307 g/mol. The van der Waals surface area contributed by atoms with Crippen molar-refractivity contribution in [2.24, 2.45) is 0 Å². The maximum Gasteiger partial charge on any atom is 0.339 e. The Bertz CT molecular complexity index is 569. The van der Waals surface area contributed by atoms with E-state index in [1.54, 1.807) is 13.8 Å². The molecule has 0 saturated carbocycles. The van der Waals surface area contributed by atoms with Crippen molar-refractivity contribution < 1.29 is 14.3 Å². The zero-order valence-corrected chi connectivity index (χ0v) is 14.0. The second-order valence-corrected chi connectivity index (χ2v) is 6.04. The second-order valence-electron chi connectivity index (χ2n) is 6.04. The number of carbonyl (C=O) groups is 2. The van der Waals surface area contributed by atoms with Crippen molar-refractivity contribution in [1.29, 1.82) is 0 Å². The molecule has 0 atom stereocenters. The number of H-pyrrole nitrogens is 1. The summed E-state index contributed by atoms with van der Waals surface area (Å²) in [5.41, 5.74) is 2.30. The standard InChI is InChI=1S/C16H25N3O3/c1-10(2)18-6-8-19(9-7-18)15(20)14-11(3)13(12(4)17-14)16(21)22-5/h10,17H,6-9H2,1-5H3. The van der Waals surface area contributed by atoms with Gasteiger partial charge in [0, 0.05) is 37.9 Å². The number of amides is 1. The molecule has 0 spiro atoms. The Morgan fingerprint density at radius 1 is 1.14 bits per heavy atom. The molecule has 6 nitrogen and oxygen atoms in total. The van der Waals surface area contributed by atoms with E-state index in [0.717, 1.165) is 13.1 Å². The van der Waals surface area contributed by atoms with E-state index in [-0.39, 0.29) is 5.91 Å². The third kappa shape index (κ3) is 3.02. The van der Waals surface area contributed by atoms with Gasteiger partial charge in [-0.1, -0.05) is 0 Å². The van der Waals surface area contributed by atoms with Crippen LogP contribution in [0, 0.1) is 13.8 Å². The molecule has 1 amide bonds. The normalized spacial score (nSPS) is 16.2. The summed E-state index contributed by atoms with van der Waals surface area (Å²) in [5, 5.41) is 0. The fourth-order valence-corrected chi connectivity index (χ4v) is 2.97. The van der Waals surface area contributed by atoms with Crippen LogP contribution in [-0.4, -0.2) is 66.0 Å². The zero-order chi connectivity index (χ0) is 16.4. The van der Waals surface area contributed by atoms with Crippen LogP contribution >= 0.6 is 0 Å². The number of piperazine rings is 1. The predicted molar refractivity (Wildman–Crippen MR) is 84.2 cm³/mol. The molecule has 1 aromatic rings. The van der Waals surface area contributed by atoms with Gasteiger partial charge in [0.25, 0.3) is 5.91 Å². The molecule has 1 aliphatic rings. The summed E-state index contributed by atoms with van der Waals surface area (Å²) < 4.78 is 4.79. The van der Waals surface area contributed by atoms with E-state index >= 15 is 0 Å². The minimum absolute atomic E-state index is 0.0424. The number of nitrogens with one attached hydrogen (secondary N) is 1. The SMILES string of the molecule is COC(=O)c1c(C)[nH]c(C(=O)N2CCN(C(C)C)CC2)c1C. The van der Waals surface area contributed by atoms with Crippen LogP contribution in [0.25, 0.3) is 0 Å². The van der Waals surface area contributed by atoms with Gasteiger partial charge in [-0.25, -0.2) is 4.79 Å². The predicted octanol–water partition coefficient (Wildman–Crippen LogP) is 1.58. The summed E-state index contributed by atoms with van der Waals surface area (Å²) in [6.45, 7) is 11.1. The number of ether oxygens (including phenoxy) is 1. The minimum Gasteiger partial charge on any atom is -0.465 e. The van der Waals surface area contributed by atoms with E-state index in [2.05, 4.69) is 23.7 Å². The fourth-order valence-electron chi connectivity index (χ4n) is 2.97. The van der Waals surface area contributed by atoms with Gasteiger partial charge in [-0.2, -0.15) is 0 Å². The molecule has 1 aliphatic heterocycles. The fraction of sp³-hybridized carbons (Fsp3) is 0.625. The van der Waals surface area contributed by atoms with Gasteiger partial charge >= 0.3 is 5.97 Å². The van der Waals surface area contributed by atoms with Crippen LogP contribution < -0.4 is 0 Å². The van der Waals surface area contributed by atoms with Crippen molar-refractivity contribution in [1.82, 2.24) is 14.8 Å². The van der Waals surface area contributed by atoms with Gasteiger partial charge in [0.1, 0.15) is 5.69 Å². The molecule has 0 aliphatic carbocycles. The lowest BCUT2D eigenvalue weighted by Crippen LogP contribution is -2.50. The van der Waals surface area contributed by atoms with Gasteiger partial charge in [-0.05, 0) is 33.3 Å². The molecule has 122 valence electrons. The molecule has 0 radical (unpaired) electrons. The van der Waals surface area contributed by atoms with Crippen molar-refractivity contribution in [2.45, 2.75) is 33.7 Å². The van der Waals surface area contributed by atoms with Crippen molar-refractivity contribution in [2.75, 3.05) is 33.3 Å². The van der Waals surface area contributed by atoms with Crippen molar-refractivity contribution >= 4 is 11.9 Å². The number of aryl methyl sites for hydroxylation is 1. The second kappa shape index (κ2) is 6.52. The van der Waals surface area contributed by atoms with Crippen LogP contribution in [0.3, 0.4) is 0 Å². The van der Waals surface area contributed by atoms with Gasteiger partial charge in [-0.15, -0.1) is 0 Å². The van der Waals surface area contributed by atoms with Crippen molar-refractivity contribution in [3.8, 4) is 0 Å². The van der Waals surface area contributed by atoms with Crippen LogP contribution in [0.4, 0.5) is 0 Å². The Balaban J connectivity index is 2.16. The summed E-state index contributed by atoms with van der Waals surface area (Å²) in [4.78, 5) is 31.8. The Labute approximate surface area is 131 Å². The molecule has 1 saturated heterocycles. The highest BCUT2D eigenvalue weighted by molar-refractivity contribution is 6.00. The minimum atomic E-state index is -0.407. The molecule has 1 fully saturated rings. The van der Waals surface area contributed by atoms with E-state index in [1.165, 1.54) is 7.11 Å². The number of aromatic nitrogens is 1. The van der Waals surface area contributed by atoms with Crippen LogP contribution in [0.2, 0.25) is 0 Å². The molecule has 0 bridgehead atoms. The quantitative estimate of drug-likeness (QED) is 0.861. The Hall–Kier alpha value is -1.82. The Kier molecular flexibility index (Phi) is 4.90. The number of hydrogen-bond acceptors (Lipinski definition) is 4. The van der Waals surface area contributed by atoms with Gasteiger partial charge in [0.15, 0.2) is 0 Å². The lowest BCUT2D eigenvalue weighted by atomic mass is 10.1. The van der Waals surface area contributed by atoms with Crippen molar-refractivity contribution in [3.05, 3.63) is 22.5 Å². The first-order valence-corrected chi connectivity index (χ1v) is 7.67. The summed E-state index contributed by atoms with van der Waals surface area (Å²) in [6.07, 6.45) is 0. The number of nitrogens with zero attached hydrogens (tertiary/aromatic N) is 2. The maximum absolute atomic E-state index is 12.7. The smallest absolute Gasteiger partial charge is 0.339 e. The first-order chi connectivity index (χ1) is 10.4. The topological polar surface area (TPSA) is 65.6 Å². The molecule has 2 rings (SSSR count). The van der Waals surface area contributed by atoms with E-state index in [1.807, 2.05) is 4.90 Å². The lowest BCUT2D eigenvalue weighted by Gasteiger charge is -2.36. The van der Waals surface area contributed by atoms with Gasteiger partial charge < -0.3 is 14.6 Å². The molecule has 2 heterocycles. The number of rotatable bonds is 3. The highest BCUT2D eigenvalue weighted by Gasteiger charge is 2.28. The molecule has 0 unspecified atom stereocenters. The van der Waals surface area contributed by atoms with E-state index < -0.39 is 5.97 Å². The summed E-state index contributed by atoms with van der Waals surface area (Å²) in [6, 6.07) is 0.498. The summed E-state index contributed by atoms with van der Waals surface area (Å²) >= 11 is 0. The van der Waals surface area contributed by atoms with E-state index in [9.17, 15) is 9.59 Å². The van der Waals surface area contributed by atoms with E-state index in [4.69, 9.17) is 4.74 Å². The van der Waals surface area contributed by atoms with Gasteiger partial charge in [0.2, 0.25) is 0 Å². The zero-order valence-electron chi connectivity index (χ0n) is 14.0. The highest BCUT2D eigenvalue weighted by atomic mass is 16.5. The van der Waals surface area contributed by atoms with Gasteiger partial charge in [-0.3, -0.25) is 9.69 Å². The molecule has 6 heteroatoms. The molecular formula is C16H25N3O3. The average Bonchev–Trinajstić information content (AvgIpc) is 2.80. The Morgan fingerprint density at radius 2 is 1.73 bits per heavy atom. The van der Waals surface area contributed by atoms with Crippen LogP contribution in [0.5, 0.6) is 0 Å². The number of esters is 1. The third-order valence-corrected chi connectivity index (χ3v) is 4.37. The number of aromatic amines is 1. The first-order valence-electron chi connectivity index (χ1n) is 7.67. The highest BCUT2D eigenvalue weighted by Crippen LogP contribution is 2.21. The number of methoxy groups -OCH3 is 1. The first kappa shape index (κ1) is 16.5. The van der Waals surface area contributed by atoms with Gasteiger partial charge in [0.05, 0.1) is 12.7 Å². The average molecular weight is 307 g/mol. The molecule has 1 aromatic heterocycles. The van der Waals surface area contributed by atoms with Crippen LogP contribution in [0.1, 0.15) is 46.0 Å². The Morgan fingerprint density at radius 3 is 2.23 bits per heavy atom. The molecular weight excluding hydrogens is 282 g/mol. The third-order valence-electron chi connectivity index (χ3n) is 4.37. The lowest BCUT2D eigenvalue weighted by molar-refractivity contribution is 0.0589. The molecule has 0 aromatic carbocycles. The summed E-state index contributed by atoms with van der Waals surface area (Å²) in [7, 11) is 1.35. The molecule has 1 N–H and O–H groups in total. The van der Waals surface area contributed by atoms with Crippen molar-refractivity contribution in [3.63, 3.8) is 0 Å².